The third-order valence-electron chi connectivity index (χ3n) is 5.74. The lowest BCUT2D eigenvalue weighted by Gasteiger charge is -2.26. The number of carbonyl (C=O) groups is 1. The Morgan fingerprint density at radius 1 is 1.22 bits per heavy atom. The van der Waals surface area contributed by atoms with Gasteiger partial charge in [0.15, 0.2) is 11.5 Å². The molecule has 8 nitrogen and oxygen atoms in total. The van der Waals surface area contributed by atoms with Crippen LogP contribution in [0, 0.1) is 0 Å². The highest BCUT2D eigenvalue weighted by atomic mass is 35.5. The Morgan fingerprint density at radius 3 is 2.65 bits per heavy atom. The predicted molar refractivity (Wildman–Crippen MR) is 150 cm³/mol. The fraction of sp³-hybridized carbons (Fsp3) is 0.286. The first-order valence-electron chi connectivity index (χ1n) is 12.0. The fourth-order valence-corrected chi connectivity index (χ4v) is 3.68. The van der Waals surface area contributed by atoms with Gasteiger partial charge in [-0.25, -0.2) is 10.5 Å². The Bertz CT molecular complexity index is 1210. The third kappa shape index (κ3) is 7.30. The van der Waals surface area contributed by atoms with E-state index in [1.165, 1.54) is 0 Å². The number of rotatable bonds is 6. The van der Waals surface area contributed by atoms with Crippen LogP contribution < -0.4 is 25.7 Å². The molecular weight excluding hydrogens is 492 g/mol. The molecule has 3 N–H and O–H groups in total. The van der Waals surface area contributed by atoms with Crippen molar-refractivity contribution in [3.8, 4) is 11.5 Å². The van der Waals surface area contributed by atoms with Crippen molar-refractivity contribution >= 4 is 40.3 Å². The minimum absolute atomic E-state index is 0.166. The van der Waals surface area contributed by atoms with Crippen LogP contribution in [0.15, 0.2) is 72.6 Å². The molecule has 2 aliphatic heterocycles. The van der Waals surface area contributed by atoms with Gasteiger partial charge in [-0.1, -0.05) is 18.7 Å². The molecule has 0 fully saturated rings. The van der Waals surface area contributed by atoms with E-state index in [0.717, 1.165) is 41.8 Å². The molecular formula is C28H33ClN4O4. The number of aryl methyl sites for hydroxylation is 1. The normalized spacial score (nSPS) is 16.4. The van der Waals surface area contributed by atoms with Crippen LogP contribution in [0.25, 0.3) is 5.70 Å². The maximum atomic E-state index is 12.1. The van der Waals surface area contributed by atoms with Gasteiger partial charge in [-0.3, -0.25) is 4.79 Å². The molecule has 0 aliphatic carbocycles. The number of nitrogens with zero attached hydrogens (tertiary/aromatic N) is 2. The Labute approximate surface area is 223 Å². The molecule has 2 heterocycles. The van der Waals surface area contributed by atoms with Crippen molar-refractivity contribution < 1.29 is 19.1 Å². The van der Waals surface area contributed by atoms with E-state index >= 15 is 0 Å². The second-order valence-corrected chi connectivity index (χ2v) is 8.64. The molecule has 0 spiro atoms. The summed E-state index contributed by atoms with van der Waals surface area (Å²) in [4.78, 5) is 17.7. The molecule has 2 aromatic rings. The quantitative estimate of drug-likeness (QED) is 0.204. The second-order valence-electron chi connectivity index (χ2n) is 8.33. The summed E-state index contributed by atoms with van der Waals surface area (Å²) in [6, 6.07) is 11.5. The van der Waals surface area contributed by atoms with E-state index in [1.807, 2.05) is 50.3 Å². The maximum absolute atomic E-state index is 12.1. The van der Waals surface area contributed by atoms with Crippen molar-refractivity contribution in [2.75, 3.05) is 23.2 Å². The number of hydrogen-bond acceptors (Lipinski definition) is 7. The number of nitrogens with one attached hydrogen (secondary N) is 1. The topological polar surface area (TPSA) is 98.4 Å². The number of allylic oxidation sites excluding steroid dienone is 3. The molecule has 0 aromatic heterocycles. The van der Waals surface area contributed by atoms with Crippen LogP contribution in [0.4, 0.5) is 11.4 Å². The number of ether oxygens (including phenoxy) is 2. The van der Waals surface area contributed by atoms with Crippen LogP contribution >= 0.6 is 11.6 Å². The average molecular weight is 525 g/mol. The van der Waals surface area contributed by atoms with E-state index in [2.05, 4.69) is 29.8 Å². The van der Waals surface area contributed by atoms with Gasteiger partial charge in [0, 0.05) is 17.5 Å². The van der Waals surface area contributed by atoms with Crippen LogP contribution in [-0.4, -0.2) is 24.3 Å². The standard InChI is InChI=1S/C25H28N4O4.C3H5Cl/c1-4-16(2)33-28-19-10-9-18-7-5-6-8-22(25(26)30)27-29(17(3)21(18)13-19)20-11-12-23-24(14-20)32-15-31-23;1-2-3-4/h4,9-14,28H,3,5-8,15H2,1-2H3,(H2,26,30);2H,1,3H2/b16-4+,27-22+;. The molecule has 37 heavy (non-hydrogen) atoms. The van der Waals surface area contributed by atoms with Gasteiger partial charge in [0.1, 0.15) is 11.5 Å². The highest BCUT2D eigenvalue weighted by Crippen LogP contribution is 2.38. The van der Waals surface area contributed by atoms with Crippen LogP contribution in [0.5, 0.6) is 11.5 Å². The first-order chi connectivity index (χ1) is 17.9. The van der Waals surface area contributed by atoms with Crippen molar-refractivity contribution in [1.82, 2.24) is 0 Å². The number of nitrogens with two attached hydrogens (primary N) is 1. The summed E-state index contributed by atoms with van der Waals surface area (Å²) in [6.45, 7) is 11.6. The number of carbonyl (C=O) groups excluding carboxylic acids is 1. The number of amides is 1. The first-order valence-corrected chi connectivity index (χ1v) is 12.5. The van der Waals surface area contributed by atoms with Crippen LogP contribution in [0.3, 0.4) is 0 Å². The molecule has 1 amide bonds. The zero-order valence-electron chi connectivity index (χ0n) is 21.3. The molecule has 2 aliphatic rings. The molecule has 196 valence electrons. The number of primary amides is 1. The summed E-state index contributed by atoms with van der Waals surface area (Å²) >= 11 is 5.07. The van der Waals surface area contributed by atoms with E-state index in [0.29, 0.717) is 40.9 Å². The summed E-state index contributed by atoms with van der Waals surface area (Å²) in [6.07, 6.45) is 6.54. The number of alkyl halides is 1. The van der Waals surface area contributed by atoms with Crippen molar-refractivity contribution in [1.29, 1.82) is 0 Å². The number of hydrazone groups is 1. The Hall–Kier alpha value is -3.91. The molecule has 2 aromatic carbocycles. The Morgan fingerprint density at radius 2 is 1.95 bits per heavy atom. The predicted octanol–water partition coefficient (Wildman–Crippen LogP) is 6.14. The van der Waals surface area contributed by atoms with Gasteiger partial charge in [0.2, 0.25) is 6.79 Å². The summed E-state index contributed by atoms with van der Waals surface area (Å²) in [5.74, 6) is 2.04. The lowest BCUT2D eigenvalue weighted by molar-refractivity contribution is -0.112. The van der Waals surface area contributed by atoms with Crippen molar-refractivity contribution in [2.45, 2.75) is 39.5 Å². The van der Waals surface area contributed by atoms with Gasteiger partial charge in [-0.15, -0.1) is 18.2 Å². The van der Waals surface area contributed by atoms with Crippen LogP contribution in [0.2, 0.25) is 0 Å². The largest absolute Gasteiger partial charge is 0.454 e. The minimum atomic E-state index is -0.542. The van der Waals surface area contributed by atoms with Gasteiger partial charge >= 0.3 is 0 Å². The van der Waals surface area contributed by atoms with Crippen molar-refractivity contribution in [3.05, 3.63) is 78.6 Å². The number of anilines is 2. The zero-order valence-corrected chi connectivity index (χ0v) is 22.0. The molecule has 0 atom stereocenters. The summed E-state index contributed by atoms with van der Waals surface area (Å²) in [7, 11) is 0. The van der Waals surface area contributed by atoms with E-state index in [4.69, 9.17) is 31.6 Å². The molecule has 0 saturated heterocycles. The van der Waals surface area contributed by atoms with Crippen LogP contribution in [0.1, 0.15) is 44.2 Å². The maximum Gasteiger partial charge on any atom is 0.264 e. The number of benzene rings is 2. The monoisotopic (exact) mass is 524 g/mol. The number of halogens is 1. The summed E-state index contributed by atoms with van der Waals surface area (Å²) in [5.41, 5.74) is 13.0. The molecule has 0 bridgehead atoms. The fourth-order valence-electron chi connectivity index (χ4n) is 3.68. The van der Waals surface area contributed by atoms with E-state index in [1.54, 1.807) is 11.1 Å². The second kappa shape index (κ2) is 13.4. The average Bonchev–Trinajstić information content (AvgIpc) is 3.39. The smallest absolute Gasteiger partial charge is 0.264 e. The minimum Gasteiger partial charge on any atom is -0.454 e. The van der Waals surface area contributed by atoms with E-state index in [-0.39, 0.29) is 6.79 Å². The number of hydrogen-bond donors (Lipinski definition) is 2. The van der Waals surface area contributed by atoms with Gasteiger partial charge < -0.3 is 20.0 Å². The van der Waals surface area contributed by atoms with Gasteiger partial charge in [-0.2, -0.15) is 5.10 Å². The Kier molecular flexibility index (Phi) is 10.0. The van der Waals surface area contributed by atoms with Crippen LogP contribution in [-0.2, 0) is 16.1 Å². The number of fused-ring (bicyclic) bond motifs is 2. The zero-order chi connectivity index (χ0) is 26.8. The Balaban J connectivity index is 0.000000886. The third-order valence-corrected chi connectivity index (χ3v) is 5.96. The highest BCUT2D eigenvalue weighted by Gasteiger charge is 2.22. The lowest BCUT2D eigenvalue weighted by atomic mass is 9.97. The van der Waals surface area contributed by atoms with E-state index in [9.17, 15) is 4.79 Å². The SMILES string of the molecule is C=C1c2cc(NO/C(C)=C/C)ccc2CCCC/C(C(N)=O)=N\N1c1ccc2c(c1)OCO2.C=CCCl. The molecule has 4 rings (SSSR count). The molecule has 0 unspecified atom stereocenters. The van der Waals surface area contributed by atoms with Crippen molar-refractivity contribution in [2.24, 2.45) is 10.8 Å². The molecule has 9 heteroatoms. The van der Waals surface area contributed by atoms with Crippen molar-refractivity contribution in [3.63, 3.8) is 0 Å². The first kappa shape index (κ1) is 27.7. The van der Waals surface area contributed by atoms with Gasteiger partial charge in [0.25, 0.3) is 5.91 Å². The highest BCUT2D eigenvalue weighted by molar-refractivity contribution is 6.38. The lowest BCUT2D eigenvalue weighted by Crippen LogP contribution is -2.28. The summed E-state index contributed by atoms with van der Waals surface area (Å²) < 4.78 is 11.0. The van der Waals surface area contributed by atoms with Gasteiger partial charge in [0.05, 0.1) is 17.1 Å². The molecule has 0 radical (unpaired) electrons. The molecule has 0 saturated carbocycles. The van der Waals surface area contributed by atoms with Gasteiger partial charge in [-0.05, 0) is 75.4 Å². The van der Waals surface area contributed by atoms with E-state index < -0.39 is 5.91 Å². The summed E-state index contributed by atoms with van der Waals surface area (Å²) in [5, 5.41) is 6.30.